The number of hydrogen-bond acceptors (Lipinski definition) is 6. The Balaban J connectivity index is 4.22. The number of nitrogens with zero attached hydrogens (tertiary/aromatic N) is 2. The first-order valence-electron chi connectivity index (χ1n) is 4.35. The minimum Gasteiger partial charge on any atom is -0.391 e. The molecule has 0 saturated heterocycles. The van der Waals surface area contributed by atoms with Gasteiger partial charge in [-0.1, -0.05) is 0 Å². The van der Waals surface area contributed by atoms with Gasteiger partial charge in [-0.2, -0.15) is 0 Å². The quantitative estimate of drug-likeness (QED) is 0.150. The molecule has 0 aromatic rings. The molecule has 92 valence electrons. The third-order valence-corrected chi connectivity index (χ3v) is 1.52. The normalized spacial score (nSPS) is 16.5. The van der Waals surface area contributed by atoms with Gasteiger partial charge >= 0.3 is 5.97 Å². The fourth-order valence-corrected chi connectivity index (χ4v) is 0.562. The zero-order chi connectivity index (χ0) is 12.7. The third kappa shape index (κ3) is 5.12. The molecule has 0 aliphatic heterocycles. The Hall–Kier alpha value is -1.87. The fourth-order valence-electron chi connectivity index (χ4n) is 0.562. The zero-order valence-electron chi connectivity index (χ0n) is 9.04. The van der Waals surface area contributed by atoms with Gasteiger partial charge in [-0.05, 0) is 12.1 Å². The van der Waals surface area contributed by atoms with Crippen LogP contribution >= 0.6 is 0 Å². The van der Waals surface area contributed by atoms with Gasteiger partial charge in [0, 0.05) is 7.05 Å². The maximum absolute atomic E-state index is 11.1. The van der Waals surface area contributed by atoms with Crippen molar-refractivity contribution >= 4 is 17.9 Å². The van der Waals surface area contributed by atoms with Crippen molar-refractivity contribution in [3.05, 3.63) is 0 Å². The van der Waals surface area contributed by atoms with Gasteiger partial charge in [-0.3, -0.25) is 10.3 Å². The zero-order valence-corrected chi connectivity index (χ0v) is 9.04. The number of nitrogens with two attached hydrogens (primary N) is 3. The second-order valence-electron chi connectivity index (χ2n) is 2.89. The Bertz CT molecular complexity index is 300. The molecule has 0 amide bonds. The van der Waals surface area contributed by atoms with Crippen molar-refractivity contribution in [1.29, 1.82) is 0 Å². The lowest BCUT2D eigenvalue weighted by Crippen LogP contribution is -2.43. The van der Waals surface area contributed by atoms with E-state index in [9.17, 15) is 4.79 Å². The molecular weight excluding hydrogens is 216 g/mol. The van der Waals surface area contributed by atoms with Crippen LogP contribution in [-0.2, 0) is 9.63 Å². The maximum atomic E-state index is 11.1. The molecule has 9 nitrogen and oxygen atoms in total. The summed E-state index contributed by atoms with van der Waals surface area (Å²) >= 11 is 0. The van der Waals surface area contributed by atoms with Gasteiger partial charge in [-0.15, -0.1) is 0 Å². The van der Waals surface area contributed by atoms with Gasteiger partial charge in [0.05, 0.1) is 6.10 Å². The van der Waals surface area contributed by atoms with Gasteiger partial charge in [0.2, 0.25) is 5.96 Å². The van der Waals surface area contributed by atoms with Crippen LogP contribution in [0.3, 0.4) is 0 Å². The Morgan fingerprint density at radius 3 is 2.44 bits per heavy atom. The number of guanidine groups is 2. The lowest BCUT2D eigenvalue weighted by Gasteiger charge is -2.10. The summed E-state index contributed by atoms with van der Waals surface area (Å²) in [5.41, 5.74) is 15.8. The summed E-state index contributed by atoms with van der Waals surface area (Å²) < 4.78 is 0. The molecule has 0 fully saturated rings. The second kappa shape index (κ2) is 6.58. The monoisotopic (exact) mass is 232 g/mol. The van der Waals surface area contributed by atoms with E-state index in [1.807, 2.05) is 0 Å². The molecule has 0 radical (unpaired) electrons. The highest BCUT2D eigenvalue weighted by Crippen LogP contribution is 1.92. The summed E-state index contributed by atoms with van der Waals surface area (Å²) in [6, 6.07) is -1.19. The molecule has 0 rings (SSSR count). The number of carbonyl (C=O) groups excluding carboxylic acids is 1. The summed E-state index contributed by atoms with van der Waals surface area (Å²) in [5, 5.41) is 14.5. The van der Waals surface area contributed by atoms with Crippen molar-refractivity contribution in [2.45, 2.75) is 19.1 Å². The molecule has 0 spiro atoms. The number of carbonyl (C=O) groups is 1. The summed E-state index contributed by atoms with van der Waals surface area (Å²) in [6.45, 7) is 1.35. The number of oxime groups is 1. The van der Waals surface area contributed by atoms with Crippen LogP contribution in [0.5, 0.6) is 0 Å². The molecular formula is C7H16N6O3. The highest BCUT2D eigenvalue weighted by molar-refractivity contribution is 5.97. The highest BCUT2D eigenvalue weighted by Gasteiger charge is 2.20. The van der Waals surface area contributed by atoms with Crippen LogP contribution in [0, 0.1) is 0 Å². The standard InChI is InChI=1S/C7H16N6O3/c1-3(14)4(8)5(15)16-13-7(10)12-6(9)11-2/h3-4,14H,8H2,1-2H3,(H5,9,10,11,12,13). The summed E-state index contributed by atoms with van der Waals surface area (Å²) in [5.74, 6) is -1.15. The molecule has 0 heterocycles. The van der Waals surface area contributed by atoms with Crippen LogP contribution in [-0.4, -0.2) is 42.2 Å². The molecule has 0 bridgehead atoms. The van der Waals surface area contributed by atoms with Crippen molar-refractivity contribution in [2.75, 3.05) is 7.05 Å². The van der Waals surface area contributed by atoms with Crippen molar-refractivity contribution in [3.8, 4) is 0 Å². The predicted octanol–water partition coefficient (Wildman–Crippen LogP) is -3.00. The van der Waals surface area contributed by atoms with E-state index < -0.39 is 18.1 Å². The molecule has 2 unspecified atom stereocenters. The van der Waals surface area contributed by atoms with E-state index in [-0.39, 0.29) is 11.9 Å². The highest BCUT2D eigenvalue weighted by atomic mass is 16.7. The largest absolute Gasteiger partial charge is 0.391 e. The number of rotatable bonds is 3. The van der Waals surface area contributed by atoms with Crippen LogP contribution in [0.2, 0.25) is 0 Å². The number of aliphatic hydroxyl groups excluding tert-OH is 1. The van der Waals surface area contributed by atoms with E-state index in [1.54, 1.807) is 0 Å². The summed E-state index contributed by atoms with van der Waals surface area (Å²) in [4.78, 5) is 19.0. The molecule has 9 heteroatoms. The van der Waals surface area contributed by atoms with Crippen LogP contribution in [0.25, 0.3) is 0 Å². The maximum Gasteiger partial charge on any atom is 0.354 e. The average Bonchev–Trinajstić information content (AvgIpc) is 2.24. The lowest BCUT2D eigenvalue weighted by molar-refractivity contribution is -0.147. The predicted molar refractivity (Wildman–Crippen MR) is 58.1 cm³/mol. The molecule has 2 atom stereocenters. The van der Waals surface area contributed by atoms with E-state index >= 15 is 0 Å². The Kier molecular flexibility index (Phi) is 5.81. The van der Waals surface area contributed by atoms with E-state index in [0.717, 1.165) is 0 Å². The van der Waals surface area contributed by atoms with Crippen molar-refractivity contribution in [1.82, 2.24) is 5.32 Å². The van der Waals surface area contributed by atoms with Gasteiger partial charge in [0.1, 0.15) is 6.04 Å². The minimum atomic E-state index is -1.19. The number of hydrogen-bond donors (Lipinski definition) is 5. The first-order valence-corrected chi connectivity index (χ1v) is 4.35. The Morgan fingerprint density at radius 1 is 1.44 bits per heavy atom. The van der Waals surface area contributed by atoms with Gasteiger partial charge in [0.15, 0.2) is 5.96 Å². The van der Waals surface area contributed by atoms with Crippen molar-refractivity contribution in [2.24, 2.45) is 27.3 Å². The SMILES string of the molecule is CN=C(N)NC(N)=NOC(=O)C(N)C(C)O. The van der Waals surface area contributed by atoms with Gasteiger partial charge in [-0.25, -0.2) is 4.79 Å². The van der Waals surface area contributed by atoms with Crippen LogP contribution < -0.4 is 22.5 Å². The molecule has 16 heavy (non-hydrogen) atoms. The first-order chi connectivity index (χ1) is 7.38. The van der Waals surface area contributed by atoms with E-state index in [0.29, 0.717) is 0 Å². The molecule has 0 aliphatic rings. The van der Waals surface area contributed by atoms with E-state index in [2.05, 4.69) is 20.3 Å². The van der Waals surface area contributed by atoms with E-state index in [1.165, 1.54) is 14.0 Å². The Labute approximate surface area is 92.3 Å². The first kappa shape index (κ1) is 14.1. The molecule has 0 aromatic carbocycles. The second-order valence-corrected chi connectivity index (χ2v) is 2.89. The molecule has 0 aromatic heterocycles. The van der Waals surface area contributed by atoms with Crippen LogP contribution in [0.4, 0.5) is 0 Å². The van der Waals surface area contributed by atoms with Crippen LogP contribution in [0.1, 0.15) is 6.92 Å². The molecule has 8 N–H and O–H groups in total. The van der Waals surface area contributed by atoms with E-state index in [4.69, 9.17) is 22.3 Å². The minimum absolute atomic E-state index is 0.0112. The van der Waals surface area contributed by atoms with Gasteiger partial charge < -0.3 is 27.1 Å². The number of aliphatic hydroxyl groups is 1. The smallest absolute Gasteiger partial charge is 0.354 e. The average molecular weight is 232 g/mol. The van der Waals surface area contributed by atoms with Gasteiger partial charge in [0.25, 0.3) is 0 Å². The number of aliphatic imine (C=N–C) groups is 1. The fraction of sp³-hybridized carbons (Fsp3) is 0.571. The molecule has 0 saturated carbocycles. The third-order valence-electron chi connectivity index (χ3n) is 1.52. The summed E-state index contributed by atoms with van der Waals surface area (Å²) in [7, 11) is 1.44. The summed E-state index contributed by atoms with van der Waals surface area (Å²) in [6.07, 6.45) is -1.04. The topological polar surface area (TPSA) is 161 Å². The van der Waals surface area contributed by atoms with Crippen molar-refractivity contribution < 1.29 is 14.7 Å². The molecule has 0 aliphatic carbocycles. The number of nitrogens with one attached hydrogen (secondary N) is 1. The lowest BCUT2D eigenvalue weighted by atomic mass is 10.2. The van der Waals surface area contributed by atoms with Crippen LogP contribution in [0.15, 0.2) is 10.1 Å². The Morgan fingerprint density at radius 2 is 2.00 bits per heavy atom. The van der Waals surface area contributed by atoms with Crippen molar-refractivity contribution in [3.63, 3.8) is 0 Å².